The van der Waals surface area contributed by atoms with Gasteiger partial charge >= 0.3 is 41.9 Å². The van der Waals surface area contributed by atoms with Gasteiger partial charge in [0.2, 0.25) is 0 Å². The van der Waals surface area contributed by atoms with Crippen LogP contribution < -0.4 is 43.7 Å². The molecule has 0 amide bonds. The van der Waals surface area contributed by atoms with Crippen molar-refractivity contribution < 1.29 is 76.9 Å². The summed E-state index contributed by atoms with van der Waals surface area (Å²) >= 11 is 14.8. The van der Waals surface area contributed by atoms with Crippen molar-refractivity contribution >= 4 is 94.9 Å². The largest absolute Gasteiger partial charge is 2.00 e. The summed E-state index contributed by atoms with van der Waals surface area (Å²) in [6, 6.07) is 12.3. The average Bonchev–Trinajstić information content (AvgIpc) is 3.68. The number of halogens is 6. The summed E-state index contributed by atoms with van der Waals surface area (Å²) in [5.41, 5.74) is 3.17. The Morgan fingerprint density at radius 2 is 1.29 bits per heavy atom. The van der Waals surface area contributed by atoms with Gasteiger partial charge < -0.3 is 59.7 Å². The Balaban J connectivity index is -0.000000570. The molecule has 4 aliphatic rings. The molecule has 0 radical (unpaired) electrons. The van der Waals surface area contributed by atoms with Crippen LogP contribution in [0.3, 0.4) is 0 Å². The van der Waals surface area contributed by atoms with Crippen molar-refractivity contribution in [1.82, 2.24) is 0 Å². The Morgan fingerprint density at radius 3 is 1.73 bits per heavy atom. The molecule has 2 aromatic carbocycles. The molecule has 2 aromatic rings. The van der Waals surface area contributed by atoms with E-state index in [0.717, 1.165) is 22.2 Å². The van der Waals surface area contributed by atoms with Gasteiger partial charge in [-0.15, -0.1) is 11.6 Å². The number of alkyl halides is 1. The average molecular weight is 978 g/mol. The molecule has 0 N–H and O–H groups in total. The van der Waals surface area contributed by atoms with Crippen LogP contribution in [0.5, 0.6) is 0 Å². The molecule has 0 bridgehead atoms. The van der Waals surface area contributed by atoms with E-state index in [-0.39, 0.29) is 85.7 Å². The minimum absolute atomic E-state index is 0. The molecule has 0 aliphatic carbocycles. The number of Topliss-reactive ketones (excluding diaryl/α,β-unsaturated/α-hetero) is 1. The van der Waals surface area contributed by atoms with Crippen LogP contribution in [0.15, 0.2) is 45.3 Å². The topological polar surface area (TPSA) is 72.5 Å². The van der Waals surface area contributed by atoms with Gasteiger partial charge in [0.15, 0.2) is 17.4 Å². The Bertz CT molecular complexity index is 1170. The molecular weight excluding hydrogens is 933 g/mol. The standard InChI is InChI=1S/C13H15BrO3.C7H5BrClI.C6H10O3.C4H8O.C3H7.2ClH.Li.Mg/c1-12(2)16-7-13(8-17-12)11-4-3-10(14)5-9(11)6-15-13;8-6-1-2-7(10)5(3-6)4-9;1-6(2)8-3-5(7)4-9-6;1-2-4-5-3-1;1-3-2;;;;/h3-5H,6-8H2,1-2H3;1-3H,4H2;3-4H2,1-2H3;1-4H2;3H,1-2H3;2*1H;;/q;;;;-1;;;+1;+2/p-2. The second-order valence-corrected chi connectivity index (χ2v) is 14.6. The number of benzene rings is 2. The van der Waals surface area contributed by atoms with E-state index in [4.69, 9.17) is 40.0 Å². The molecule has 6 rings (SSSR count). The van der Waals surface area contributed by atoms with Gasteiger partial charge in [-0.3, -0.25) is 4.79 Å². The molecule has 264 valence electrons. The third-order valence-corrected chi connectivity index (χ3v) is 8.84. The van der Waals surface area contributed by atoms with Crippen molar-refractivity contribution in [1.29, 1.82) is 0 Å². The first-order valence-corrected chi connectivity index (χ1v) is 17.8. The SMILES string of the molecule is C1CCOC1.CC1(C)OCC(=O)CO1.CC1(C)OCC2(CO1)OCc1cc(Br)ccc12.C[CH-]C.ClCc1cc(Br)ccc1I.[Cl-].[Cl-].[Li+].[Mg+2]. The first-order chi connectivity index (χ1) is 20.8. The summed E-state index contributed by atoms with van der Waals surface area (Å²) in [7, 11) is 0. The molecule has 0 atom stereocenters. The van der Waals surface area contributed by atoms with Crippen LogP contribution in [0.2, 0.25) is 0 Å². The van der Waals surface area contributed by atoms with Gasteiger partial charge in [-0.05, 0) is 110 Å². The quantitative estimate of drug-likeness (QED) is 0.169. The first-order valence-electron chi connectivity index (χ1n) is 14.6. The van der Waals surface area contributed by atoms with Gasteiger partial charge in [0.1, 0.15) is 18.8 Å². The Hall–Kier alpha value is 1.79. The van der Waals surface area contributed by atoms with Crippen molar-refractivity contribution in [2.45, 2.75) is 84.0 Å². The number of carbonyl (C=O) groups excluding carboxylic acids is 1. The number of ether oxygens (including phenoxy) is 6. The molecule has 1 spiro atoms. The van der Waals surface area contributed by atoms with Crippen molar-refractivity contribution in [3.8, 4) is 0 Å². The van der Waals surface area contributed by atoms with E-state index < -0.39 is 17.2 Å². The van der Waals surface area contributed by atoms with Crippen molar-refractivity contribution in [2.24, 2.45) is 0 Å². The summed E-state index contributed by atoms with van der Waals surface area (Å²) in [6.07, 6.45) is 4.56. The third-order valence-electron chi connectivity index (χ3n) is 6.51. The molecule has 0 aromatic heterocycles. The molecule has 15 heteroatoms. The molecule has 48 heavy (non-hydrogen) atoms. The summed E-state index contributed by atoms with van der Waals surface area (Å²) in [5.74, 6) is -0.479. The summed E-state index contributed by atoms with van der Waals surface area (Å²) in [6.45, 7) is 15.5. The van der Waals surface area contributed by atoms with E-state index >= 15 is 0 Å². The zero-order chi connectivity index (χ0) is 32.8. The van der Waals surface area contributed by atoms with Gasteiger partial charge in [-0.2, -0.15) is 13.8 Å². The predicted molar refractivity (Wildman–Crippen MR) is 195 cm³/mol. The van der Waals surface area contributed by atoms with Crippen LogP contribution in [0.4, 0.5) is 0 Å². The Labute approximate surface area is 363 Å². The fraction of sp³-hybridized carbons (Fsp3) is 0.576. The normalized spacial score (nSPS) is 18.7. The van der Waals surface area contributed by atoms with E-state index in [0.29, 0.717) is 25.7 Å². The number of hydrogen-bond donors (Lipinski definition) is 0. The number of fused-ring (bicyclic) bond motifs is 2. The third kappa shape index (κ3) is 19.7. The van der Waals surface area contributed by atoms with Crippen molar-refractivity contribution in [3.63, 3.8) is 0 Å². The number of rotatable bonds is 1. The van der Waals surface area contributed by atoms with Crippen LogP contribution in [-0.2, 0) is 51.3 Å². The second-order valence-electron chi connectivity index (χ2n) is 11.3. The second kappa shape index (κ2) is 27.4. The zero-order valence-corrected chi connectivity index (χ0v) is 38.0. The van der Waals surface area contributed by atoms with Crippen molar-refractivity contribution in [3.05, 3.63) is 72.0 Å². The molecular formula is C33H45Br2Cl3ILiMgO7. The molecule has 4 aliphatic heterocycles. The molecule has 7 nitrogen and oxygen atoms in total. The van der Waals surface area contributed by atoms with E-state index in [9.17, 15) is 4.79 Å². The minimum Gasteiger partial charge on any atom is -1.00 e. The predicted octanol–water partition coefficient (Wildman–Crippen LogP) is -0.253. The monoisotopic (exact) mass is 974 g/mol. The van der Waals surface area contributed by atoms with Gasteiger partial charge in [0, 0.05) is 31.6 Å². The van der Waals surface area contributed by atoms with Crippen LogP contribution in [0.1, 0.15) is 71.1 Å². The van der Waals surface area contributed by atoms with Crippen LogP contribution >= 0.6 is 66.1 Å². The smallest absolute Gasteiger partial charge is 1.00 e. The number of carbonyl (C=O) groups is 1. The van der Waals surface area contributed by atoms with E-state index in [1.165, 1.54) is 33.1 Å². The van der Waals surface area contributed by atoms with Gasteiger partial charge in [0.25, 0.3) is 0 Å². The van der Waals surface area contributed by atoms with Crippen LogP contribution in [0.25, 0.3) is 0 Å². The van der Waals surface area contributed by atoms with E-state index in [2.05, 4.69) is 66.6 Å². The fourth-order valence-electron chi connectivity index (χ4n) is 4.07. The Kier molecular flexibility index (Phi) is 30.9. The maximum Gasteiger partial charge on any atom is 2.00 e. The van der Waals surface area contributed by atoms with Gasteiger partial charge in [-0.1, -0.05) is 37.9 Å². The number of ketones is 1. The summed E-state index contributed by atoms with van der Waals surface area (Å²) in [4.78, 5) is 10.5. The van der Waals surface area contributed by atoms with Crippen LogP contribution in [0, 0.1) is 9.99 Å². The maximum atomic E-state index is 10.5. The molecule has 4 heterocycles. The summed E-state index contributed by atoms with van der Waals surface area (Å²) < 4.78 is 35.7. The molecule has 0 unspecified atom stereocenters. The first kappa shape index (κ1) is 54.1. The van der Waals surface area contributed by atoms with Gasteiger partial charge in [0.05, 0.1) is 19.8 Å². The summed E-state index contributed by atoms with van der Waals surface area (Å²) in [5, 5.41) is 0. The van der Waals surface area contributed by atoms with Crippen LogP contribution in [-0.4, -0.2) is 80.1 Å². The fourth-order valence-corrected chi connectivity index (χ4v) is 5.86. The minimum atomic E-state index is -0.562. The Morgan fingerprint density at radius 1 is 0.812 bits per heavy atom. The number of hydrogen-bond acceptors (Lipinski definition) is 7. The van der Waals surface area contributed by atoms with Gasteiger partial charge in [-0.25, -0.2) is 0 Å². The maximum absolute atomic E-state index is 10.5. The zero-order valence-electron chi connectivity index (χ0n) is 28.9. The van der Waals surface area contributed by atoms with Crippen molar-refractivity contribution in [2.75, 3.05) is 39.6 Å². The van der Waals surface area contributed by atoms with E-state index in [1.54, 1.807) is 13.8 Å². The molecule has 3 saturated heterocycles. The molecule has 0 saturated carbocycles. The molecule has 3 fully saturated rings. The van der Waals surface area contributed by atoms with E-state index in [1.807, 2.05) is 58.4 Å².